The minimum absolute atomic E-state index is 0. The second-order valence-corrected chi connectivity index (χ2v) is 11.7. The first-order valence-corrected chi connectivity index (χ1v) is 15.6. The smallest absolute Gasteiger partial charge is 0.497 e. The van der Waals surface area contributed by atoms with E-state index < -0.39 is 0 Å². The van der Waals surface area contributed by atoms with Crippen LogP contribution in [0.3, 0.4) is 0 Å². The van der Waals surface area contributed by atoms with Crippen LogP contribution in [0.1, 0.15) is 0 Å². The zero-order chi connectivity index (χ0) is 30.9. The van der Waals surface area contributed by atoms with Gasteiger partial charge >= 0.3 is 21.1 Å². The maximum atomic E-state index is 6.51. The summed E-state index contributed by atoms with van der Waals surface area (Å²) in [7, 11) is 0. The van der Waals surface area contributed by atoms with Crippen LogP contribution in [0.2, 0.25) is 0 Å². The van der Waals surface area contributed by atoms with E-state index in [0.717, 1.165) is 65.9 Å². The summed E-state index contributed by atoms with van der Waals surface area (Å²) >= 11 is 0. The van der Waals surface area contributed by atoms with Gasteiger partial charge in [-0.3, -0.25) is 9.97 Å². The third-order valence-corrected chi connectivity index (χ3v) is 9.07. The van der Waals surface area contributed by atoms with Crippen LogP contribution in [0.15, 0.2) is 146 Å². The molecule has 10 rings (SSSR count). The standard InChI is InChI=1S/C42H24N4O.Pt/c1-3-10-27(11-4-1)31-15-9-17-38-40(31)34-21-19-30(25-36(34)41-43-22-23-45(38)41)47-29-18-20-32-33-14-7-8-16-37(33)46-39(28-12-5-2-6-13-28)26-44-42(46)35(32)24-29;/h1-23,26H;/q-2;+2. The number of rotatable bonds is 4. The van der Waals surface area contributed by atoms with Crippen LogP contribution in [-0.2, 0) is 21.1 Å². The molecule has 5 nitrogen and oxygen atoms in total. The largest absolute Gasteiger partial charge is 2.00 e. The number of ether oxygens (including phenoxy) is 1. The van der Waals surface area contributed by atoms with E-state index >= 15 is 0 Å². The normalized spacial score (nSPS) is 11.6. The van der Waals surface area contributed by atoms with Gasteiger partial charge in [-0.25, -0.2) is 0 Å². The molecule has 4 heterocycles. The Kier molecular flexibility index (Phi) is 6.63. The zero-order valence-electron chi connectivity index (χ0n) is 25.4. The summed E-state index contributed by atoms with van der Waals surface area (Å²) in [6.45, 7) is 0. The van der Waals surface area contributed by atoms with Crippen molar-refractivity contribution in [3.63, 3.8) is 0 Å². The summed E-state index contributed by atoms with van der Waals surface area (Å²) in [5, 5.41) is 6.24. The van der Waals surface area contributed by atoms with E-state index in [9.17, 15) is 0 Å². The average molecular weight is 796 g/mol. The Morgan fingerprint density at radius 2 is 1.21 bits per heavy atom. The van der Waals surface area contributed by atoms with Crippen LogP contribution in [0.25, 0.3) is 77.0 Å². The summed E-state index contributed by atoms with van der Waals surface area (Å²) in [6, 6.07) is 51.1. The monoisotopic (exact) mass is 795 g/mol. The molecule has 0 saturated heterocycles. The van der Waals surface area contributed by atoms with Crippen molar-refractivity contribution < 1.29 is 25.8 Å². The van der Waals surface area contributed by atoms with E-state index in [1.54, 1.807) is 0 Å². The average Bonchev–Trinajstić information content (AvgIpc) is 3.82. The number of nitrogens with zero attached hydrogens (tertiary/aromatic N) is 4. The molecule has 228 valence electrons. The fraction of sp³-hybridized carbons (Fsp3) is 0. The van der Waals surface area contributed by atoms with E-state index in [0.29, 0.717) is 11.5 Å². The van der Waals surface area contributed by atoms with Gasteiger partial charge in [0.2, 0.25) is 0 Å². The molecule has 0 spiro atoms. The molecular weight excluding hydrogens is 772 g/mol. The van der Waals surface area contributed by atoms with Gasteiger partial charge in [0.1, 0.15) is 0 Å². The first-order chi connectivity index (χ1) is 23.3. The van der Waals surface area contributed by atoms with Crippen LogP contribution in [0.5, 0.6) is 11.5 Å². The van der Waals surface area contributed by atoms with E-state index in [-0.39, 0.29) is 21.1 Å². The molecule has 0 radical (unpaired) electrons. The topological polar surface area (TPSA) is 43.8 Å². The van der Waals surface area contributed by atoms with Crippen molar-refractivity contribution in [2.75, 3.05) is 0 Å². The molecule has 0 bridgehead atoms. The minimum atomic E-state index is 0. The SMILES string of the molecule is [Pt+2].[c-]1c(Oc2[c-]c3c(cc2)c2ccccc2n2c(-c4ccccc4)cnc32)ccc2c1c1nccn1c1cccc(-c3ccccc3)c21. The quantitative estimate of drug-likeness (QED) is 0.132. The van der Waals surface area contributed by atoms with Gasteiger partial charge < -0.3 is 13.5 Å². The first kappa shape index (κ1) is 28.5. The first-order valence-electron chi connectivity index (χ1n) is 15.6. The van der Waals surface area contributed by atoms with Crippen molar-refractivity contribution in [2.45, 2.75) is 0 Å². The Labute approximate surface area is 290 Å². The maximum absolute atomic E-state index is 6.51. The molecule has 0 unspecified atom stereocenters. The van der Waals surface area contributed by atoms with Gasteiger partial charge in [0, 0.05) is 41.1 Å². The van der Waals surface area contributed by atoms with Crippen molar-refractivity contribution in [3.8, 4) is 33.9 Å². The number of imidazole rings is 2. The second-order valence-electron chi connectivity index (χ2n) is 11.7. The van der Waals surface area contributed by atoms with Crippen molar-refractivity contribution in [3.05, 3.63) is 158 Å². The predicted molar refractivity (Wildman–Crippen MR) is 189 cm³/mol. The van der Waals surface area contributed by atoms with Gasteiger partial charge in [0.25, 0.3) is 0 Å². The third-order valence-electron chi connectivity index (χ3n) is 9.07. The summed E-state index contributed by atoms with van der Waals surface area (Å²) < 4.78 is 10.9. The van der Waals surface area contributed by atoms with Crippen LogP contribution < -0.4 is 4.74 Å². The molecule has 0 aliphatic heterocycles. The Bertz CT molecular complexity index is 2810. The fourth-order valence-electron chi connectivity index (χ4n) is 7.02. The molecule has 6 aromatic carbocycles. The molecule has 0 N–H and O–H groups in total. The van der Waals surface area contributed by atoms with Crippen molar-refractivity contribution in [1.29, 1.82) is 0 Å². The van der Waals surface area contributed by atoms with E-state index in [2.05, 4.69) is 124 Å². The van der Waals surface area contributed by atoms with Crippen LogP contribution in [0, 0.1) is 12.1 Å². The Morgan fingerprint density at radius 3 is 2.00 bits per heavy atom. The van der Waals surface area contributed by atoms with Gasteiger partial charge in [-0.15, -0.1) is 12.1 Å². The number of benzene rings is 6. The zero-order valence-corrected chi connectivity index (χ0v) is 27.6. The summed E-state index contributed by atoms with van der Waals surface area (Å²) in [4.78, 5) is 9.65. The van der Waals surface area contributed by atoms with Crippen molar-refractivity contribution in [2.24, 2.45) is 0 Å². The van der Waals surface area contributed by atoms with Crippen LogP contribution in [0.4, 0.5) is 0 Å². The third kappa shape index (κ3) is 4.28. The van der Waals surface area contributed by atoms with Gasteiger partial charge in [0.15, 0.2) is 0 Å². The second kappa shape index (κ2) is 11.2. The Balaban J connectivity index is 0.00000314. The molecular formula is C42H24N4OPt. The molecule has 0 fully saturated rings. The predicted octanol–water partition coefficient (Wildman–Crippen LogP) is 10.3. The van der Waals surface area contributed by atoms with Gasteiger partial charge in [-0.05, 0) is 39.6 Å². The number of hydrogen-bond donors (Lipinski definition) is 0. The Hall–Kier alpha value is -5.77. The van der Waals surface area contributed by atoms with E-state index in [4.69, 9.17) is 14.7 Å². The molecule has 48 heavy (non-hydrogen) atoms. The van der Waals surface area contributed by atoms with Gasteiger partial charge in [-0.2, -0.15) is 0 Å². The summed E-state index contributed by atoms with van der Waals surface area (Å²) in [6.07, 6.45) is 5.79. The molecule has 0 atom stereocenters. The number of pyridine rings is 2. The fourth-order valence-corrected chi connectivity index (χ4v) is 7.02. The molecule has 0 aliphatic carbocycles. The number of para-hydroxylation sites is 1. The number of hydrogen-bond acceptors (Lipinski definition) is 3. The minimum Gasteiger partial charge on any atom is -0.497 e. The van der Waals surface area contributed by atoms with Crippen molar-refractivity contribution in [1.82, 2.24) is 18.8 Å². The van der Waals surface area contributed by atoms with Crippen LogP contribution in [-0.4, -0.2) is 18.8 Å². The Morgan fingerprint density at radius 1 is 0.542 bits per heavy atom. The summed E-state index contributed by atoms with van der Waals surface area (Å²) in [5.41, 5.74) is 8.35. The molecule has 6 heteroatoms. The van der Waals surface area contributed by atoms with Crippen molar-refractivity contribution >= 4 is 54.6 Å². The van der Waals surface area contributed by atoms with Crippen LogP contribution >= 0.6 is 0 Å². The molecule has 4 aromatic heterocycles. The number of fused-ring (bicyclic) bond motifs is 12. The molecule has 0 aliphatic rings. The van der Waals surface area contributed by atoms with E-state index in [1.807, 2.05) is 42.9 Å². The van der Waals surface area contributed by atoms with Gasteiger partial charge in [-0.1, -0.05) is 137 Å². The van der Waals surface area contributed by atoms with Gasteiger partial charge in [0.05, 0.1) is 17.0 Å². The molecule has 10 aromatic rings. The van der Waals surface area contributed by atoms with E-state index in [1.165, 1.54) is 11.1 Å². The number of aromatic nitrogens is 4. The maximum Gasteiger partial charge on any atom is 2.00 e. The molecule has 0 saturated carbocycles. The molecule has 0 amide bonds. The summed E-state index contributed by atoms with van der Waals surface area (Å²) in [5.74, 6) is 1.19.